The summed E-state index contributed by atoms with van der Waals surface area (Å²) in [5, 5.41) is 8.08. The molecular formula is C20H17ClF3N5OS. The number of amides is 1. The number of hydrogen-bond acceptors (Lipinski definition) is 5. The zero-order valence-corrected chi connectivity index (χ0v) is 17.9. The molecule has 3 aromatic heterocycles. The van der Waals surface area contributed by atoms with Crippen molar-refractivity contribution in [2.24, 2.45) is 0 Å². The summed E-state index contributed by atoms with van der Waals surface area (Å²) in [5.41, 5.74) is -1.44. The fraction of sp³-hybridized carbons (Fsp3) is 0.400. The van der Waals surface area contributed by atoms with Crippen molar-refractivity contribution in [3.8, 4) is 10.7 Å². The van der Waals surface area contributed by atoms with Gasteiger partial charge in [0, 0.05) is 17.6 Å². The van der Waals surface area contributed by atoms with Gasteiger partial charge in [-0.25, -0.2) is 0 Å². The van der Waals surface area contributed by atoms with Gasteiger partial charge in [-0.05, 0) is 44.4 Å². The lowest BCUT2D eigenvalue weighted by Crippen LogP contribution is -2.52. The third kappa shape index (κ3) is 3.32. The number of fused-ring (bicyclic) bond motifs is 4. The third-order valence-corrected chi connectivity index (χ3v) is 7.18. The molecule has 162 valence electrons. The summed E-state index contributed by atoms with van der Waals surface area (Å²) in [6, 6.07) is 4.73. The Labute approximate surface area is 184 Å². The van der Waals surface area contributed by atoms with Crippen molar-refractivity contribution in [1.29, 1.82) is 0 Å². The van der Waals surface area contributed by atoms with Crippen LogP contribution in [0.2, 0.25) is 5.02 Å². The van der Waals surface area contributed by atoms with E-state index >= 15 is 0 Å². The largest absolute Gasteiger partial charge is 0.434 e. The second kappa shape index (κ2) is 7.30. The summed E-state index contributed by atoms with van der Waals surface area (Å²) in [6.07, 6.45) is -1.45. The molecule has 2 atom stereocenters. The summed E-state index contributed by atoms with van der Waals surface area (Å²) < 4.78 is 41.7. The molecule has 0 spiro atoms. The minimum Gasteiger partial charge on any atom is -0.324 e. The standard InChI is InChI=1S/C20H17ClF3N5OS/c1-10-5-6-14(31-10)18-27-26-17-13-4-2-3-11(9-28(17)18)29(13)19(30)12-7-8-25-16(15(12)21)20(22,23)24/h5-8,11,13H,2-4,9H2,1H3. The van der Waals surface area contributed by atoms with Crippen molar-refractivity contribution in [2.45, 2.75) is 51.0 Å². The second-order valence-electron chi connectivity index (χ2n) is 7.73. The average molecular weight is 468 g/mol. The molecule has 2 bridgehead atoms. The first-order chi connectivity index (χ1) is 14.8. The van der Waals surface area contributed by atoms with Gasteiger partial charge < -0.3 is 9.47 Å². The Morgan fingerprint density at radius 3 is 2.74 bits per heavy atom. The Kier molecular flexibility index (Phi) is 4.82. The molecule has 31 heavy (non-hydrogen) atoms. The number of pyridine rings is 1. The fourth-order valence-corrected chi connectivity index (χ4v) is 5.62. The summed E-state index contributed by atoms with van der Waals surface area (Å²) in [5.74, 6) is 0.889. The normalized spacial score (nSPS) is 20.6. The Morgan fingerprint density at radius 1 is 1.23 bits per heavy atom. The highest BCUT2D eigenvalue weighted by Crippen LogP contribution is 2.43. The Hall–Kier alpha value is -2.46. The number of alkyl halides is 3. The van der Waals surface area contributed by atoms with E-state index in [4.69, 9.17) is 11.6 Å². The lowest BCUT2D eigenvalue weighted by Gasteiger charge is -2.45. The first kappa shape index (κ1) is 20.4. The Morgan fingerprint density at radius 2 is 2.03 bits per heavy atom. The molecule has 3 aromatic rings. The molecule has 2 unspecified atom stereocenters. The molecule has 0 aromatic carbocycles. The highest BCUT2D eigenvalue weighted by molar-refractivity contribution is 7.15. The molecule has 1 fully saturated rings. The summed E-state index contributed by atoms with van der Waals surface area (Å²) in [6.45, 7) is 2.51. The van der Waals surface area contributed by atoms with Gasteiger partial charge in [-0.15, -0.1) is 21.5 Å². The van der Waals surface area contributed by atoms with E-state index in [1.807, 2.05) is 23.6 Å². The average Bonchev–Trinajstić information content (AvgIpc) is 3.32. The van der Waals surface area contributed by atoms with E-state index in [2.05, 4.69) is 15.2 Å². The number of thiophene rings is 1. The highest BCUT2D eigenvalue weighted by atomic mass is 35.5. The predicted octanol–water partition coefficient (Wildman–Crippen LogP) is 5.13. The molecule has 0 saturated carbocycles. The van der Waals surface area contributed by atoms with Gasteiger partial charge in [0.1, 0.15) is 0 Å². The van der Waals surface area contributed by atoms with Gasteiger partial charge in [-0.1, -0.05) is 11.6 Å². The number of piperidine rings is 1. The van der Waals surface area contributed by atoms with Crippen molar-refractivity contribution in [1.82, 2.24) is 24.6 Å². The maximum Gasteiger partial charge on any atom is 0.434 e. The zero-order chi connectivity index (χ0) is 21.9. The minimum atomic E-state index is -4.74. The second-order valence-corrected chi connectivity index (χ2v) is 9.40. The number of hydrogen-bond donors (Lipinski definition) is 0. The number of aromatic nitrogens is 4. The van der Waals surface area contributed by atoms with E-state index in [0.717, 1.165) is 34.6 Å². The van der Waals surface area contributed by atoms with Crippen molar-refractivity contribution in [3.63, 3.8) is 0 Å². The minimum absolute atomic E-state index is 0.173. The molecule has 5 rings (SSSR count). The van der Waals surface area contributed by atoms with E-state index < -0.39 is 22.8 Å². The van der Waals surface area contributed by atoms with Crippen LogP contribution in [0.5, 0.6) is 0 Å². The van der Waals surface area contributed by atoms with E-state index in [1.54, 1.807) is 16.2 Å². The van der Waals surface area contributed by atoms with Crippen LogP contribution in [0.3, 0.4) is 0 Å². The molecule has 11 heteroatoms. The highest BCUT2D eigenvalue weighted by Gasteiger charge is 2.44. The van der Waals surface area contributed by atoms with Gasteiger partial charge in [0.2, 0.25) is 0 Å². The molecule has 5 heterocycles. The third-order valence-electron chi connectivity index (χ3n) is 5.80. The first-order valence-electron chi connectivity index (χ1n) is 9.80. The SMILES string of the molecule is Cc1ccc(-c2nnc3n2CC2CCCC3N2C(=O)c2ccnc(C(F)(F)F)c2Cl)s1. The van der Waals surface area contributed by atoms with Crippen molar-refractivity contribution in [2.75, 3.05) is 0 Å². The molecule has 6 nitrogen and oxygen atoms in total. The van der Waals surface area contributed by atoms with Crippen LogP contribution in [0.15, 0.2) is 24.4 Å². The van der Waals surface area contributed by atoms with E-state index in [-0.39, 0.29) is 17.6 Å². The molecule has 0 N–H and O–H groups in total. The van der Waals surface area contributed by atoms with Crippen LogP contribution in [-0.4, -0.2) is 36.6 Å². The quantitative estimate of drug-likeness (QED) is 0.524. The van der Waals surface area contributed by atoms with Crippen LogP contribution in [0.1, 0.15) is 52.1 Å². The van der Waals surface area contributed by atoms with Crippen molar-refractivity contribution < 1.29 is 18.0 Å². The van der Waals surface area contributed by atoms with Gasteiger partial charge in [0.05, 0.1) is 27.5 Å². The summed E-state index contributed by atoms with van der Waals surface area (Å²) in [7, 11) is 0. The number of rotatable bonds is 2. The van der Waals surface area contributed by atoms with Crippen LogP contribution < -0.4 is 0 Å². The monoisotopic (exact) mass is 467 g/mol. The van der Waals surface area contributed by atoms with Gasteiger partial charge in [-0.3, -0.25) is 9.78 Å². The van der Waals surface area contributed by atoms with E-state index in [1.165, 1.54) is 6.07 Å². The first-order valence-corrected chi connectivity index (χ1v) is 11.0. The van der Waals surface area contributed by atoms with Crippen LogP contribution in [0.25, 0.3) is 10.7 Å². The molecule has 2 aliphatic rings. The Bertz CT molecular complexity index is 1170. The Balaban J connectivity index is 1.54. The smallest absolute Gasteiger partial charge is 0.324 e. The number of carbonyl (C=O) groups is 1. The predicted molar refractivity (Wildman–Crippen MR) is 109 cm³/mol. The number of aryl methyl sites for hydroxylation is 1. The lowest BCUT2D eigenvalue weighted by molar-refractivity contribution is -0.141. The zero-order valence-electron chi connectivity index (χ0n) is 16.4. The van der Waals surface area contributed by atoms with Gasteiger partial charge in [0.15, 0.2) is 17.3 Å². The van der Waals surface area contributed by atoms with Gasteiger partial charge >= 0.3 is 6.18 Å². The van der Waals surface area contributed by atoms with Crippen LogP contribution in [-0.2, 0) is 12.7 Å². The number of halogens is 4. The molecule has 2 aliphatic heterocycles. The number of nitrogens with zero attached hydrogens (tertiary/aromatic N) is 5. The maximum atomic E-state index is 13.4. The molecule has 0 aliphatic carbocycles. The molecule has 1 amide bonds. The summed E-state index contributed by atoms with van der Waals surface area (Å²) in [4.78, 5) is 20.5. The topological polar surface area (TPSA) is 63.9 Å². The van der Waals surface area contributed by atoms with Crippen LogP contribution >= 0.6 is 22.9 Å². The van der Waals surface area contributed by atoms with Crippen molar-refractivity contribution >= 4 is 28.8 Å². The maximum absolute atomic E-state index is 13.4. The lowest BCUT2D eigenvalue weighted by atomic mass is 9.91. The molecule has 1 saturated heterocycles. The van der Waals surface area contributed by atoms with Crippen LogP contribution in [0.4, 0.5) is 13.2 Å². The van der Waals surface area contributed by atoms with Gasteiger partial charge in [0.25, 0.3) is 5.91 Å². The molecule has 0 radical (unpaired) electrons. The molecular weight excluding hydrogens is 451 g/mol. The van der Waals surface area contributed by atoms with E-state index in [9.17, 15) is 18.0 Å². The van der Waals surface area contributed by atoms with E-state index in [0.29, 0.717) is 18.8 Å². The van der Waals surface area contributed by atoms with Crippen molar-refractivity contribution in [3.05, 3.63) is 51.4 Å². The van der Waals surface area contributed by atoms with Gasteiger partial charge in [-0.2, -0.15) is 13.2 Å². The fourth-order valence-electron chi connectivity index (χ4n) is 4.45. The summed E-state index contributed by atoms with van der Waals surface area (Å²) >= 11 is 7.61. The number of carbonyl (C=O) groups excluding carboxylic acids is 1. The van der Waals surface area contributed by atoms with Crippen LogP contribution in [0, 0.1) is 6.92 Å².